The normalized spacial score (nSPS) is 23.4. The lowest BCUT2D eigenvalue weighted by atomic mass is 10.0. The number of aliphatic hydroxyl groups is 2. The molecule has 2 aliphatic heterocycles. The molecule has 44 heavy (non-hydrogen) atoms. The number of unbranched alkanes of at least 4 members (excludes halogenated alkanes) is 2. The van der Waals surface area contributed by atoms with E-state index in [1.807, 2.05) is 0 Å². The summed E-state index contributed by atoms with van der Waals surface area (Å²) in [4.78, 5) is 58.9. The van der Waals surface area contributed by atoms with E-state index in [-0.39, 0.29) is 50.6 Å². The number of aliphatic carboxylic acids is 1. The summed E-state index contributed by atoms with van der Waals surface area (Å²) in [5.74, 6) is -1.81. The van der Waals surface area contributed by atoms with Gasteiger partial charge in [-0.15, -0.1) is 0 Å². The third-order valence-corrected chi connectivity index (χ3v) is 6.97. The third kappa shape index (κ3) is 11.0. The van der Waals surface area contributed by atoms with Crippen molar-refractivity contribution in [1.82, 2.24) is 10.2 Å². The fourth-order valence-corrected chi connectivity index (χ4v) is 4.58. The molecule has 1 fully saturated rings. The Labute approximate surface area is 254 Å². The Bertz CT molecular complexity index is 1130. The zero-order valence-electron chi connectivity index (χ0n) is 24.6. The highest BCUT2D eigenvalue weighted by Crippen LogP contribution is 2.30. The Morgan fingerprint density at radius 3 is 2.50 bits per heavy atom. The van der Waals surface area contributed by atoms with E-state index in [2.05, 4.69) is 5.32 Å². The molecule has 0 aromatic heterocycles. The summed E-state index contributed by atoms with van der Waals surface area (Å²) in [6.45, 7) is 2.47. The van der Waals surface area contributed by atoms with Crippen molar-refractivity contribution in [3.63, 3.8) is 0 Å². The van der Waals surface area contributed by atoms with Gasteiger partial charge in [-0.05, 0) is 19.3 Å². The maximum Gasteiger partial charge on any atom is 0.333 e. The van der Waals surface area contributed by atoms with Crippen LogP contribution < -0.4 is 5.32 Å². The quantitative estimate of drug-likeness (QED) is 0.0905. The average molecular weight is 625 g/mol. The van der Waals surface area contributed by atoms with Gasteiger partial charge in [-0.25, -0.2) is 4.79 Å². The minimum absolute atomic E-state index is 0.00456. The molecule has 0 aromatic rings. The maximum absolute atomic E-state index is 12.0. The number of hydrogen-bond acceptors (Lipinski definition) is 12. The van der Waals surface area contributed by atoms with Crippen LogP contribution in [0.2, 0.25) is 0 Å². The Kier molecular flexibility index (Phi) is 13.8. The summed E-state index contributed by atoms with van der Waals surface area (Å²) in [7, 11) is 0. The van der Waals surface area contributed by atoms with Gasteiger partial charge in [0.1, 0.15) is 30.8 Å². The number of carboxylic acid groups (broad SMARTS) is 1. The minimum Gasteiger partial charge on any atom is -0.491 e. The van der Waals surface area contributed by atoms with Crippen molar-refractivity contribution in [1.29, 1.82) is 0 Å². The van der Waals surface area contributed by atoms with Crippen LogP contribution in [0.1, 0.15) is 51.9 Å². The fraction of sp³-hybridized carbons (Fsp3) is 0.621. The Morgan fingerprint density at radius 1 is 1.05 bits per heavy atom. The van der Waals surface area contributed by atoms with Gasteiger partial charge in [-0.2, -0.15) is 0 Å². The van der Waals surface area contributed by atoms with Crippen molar-refractivity contribution in [2.45, 2.75) is 76.5 Å². The number of nitrogens with zero attached hydrogens (tertiary/aromatic N) is 1. The Hall–Kier alpha value is -3.79. The summed E-state index contributed by atoms with van der Waals surface area (Å²) >= 11 is 0. The highest BCUT2D eigenvalue weighted by atomic mass is 16.7. The number of imide groups is 1. The number of rotatable bonds is 18. The smallest absolute Gasteiger partial charge is 0.333 e. The maximum atomic E-state index is 12.0. The molecular weight excluding hydrogens is 584 g/mol. The van der Waals surface area contributed by atoms with Crippen LogP contribution in [-0.2, 0) is 47.7 Å². The second-order valence-electron chi connectivity index (χ2n) is 10.4. The molecule has 4 atom stereocenters. The second kappa shape index (κ2) is 17.5. The van der Waals surface area contributed by atoms with Crippen LogP contribution in [0.4, 0.5) is 0 Å². The lowest BCUT2D eigenvalue weighted by Gasteiger charge is -2.36. The first-order valence-electron chi connectivity index (χ1n) is 14.5. The Morgan fingerprint density at radius 2 is 1.80 bits per heavy atom. The molecule has 2 heterocycles. The van der Waals surface area contributed by atoms with E-state index in [9.17, 15) is 39.3 Å². The van der Waals surface area contributed by atoms with Crippen molar-refractivity contribution < 1.29 is 63.0 Å². The molecule has 15 heteroatoms. The summed E-state index contributed by atoms with van der Waals surface area (Å²) in [5.41, 5.74) is 0.684. The second-order valence-corrected chi connectivity index (χ2v) is 10.4. The van der Waals surface area contributed by atoms with Crippen LogP contribution in [0.3, 0.4) is 0 Å². The number of allylic oxidation sites excluding steroid dienone is 2. The summed E-state index contributed by atoms with van der Waals surface area (Å²) in [6, 6.07) is 0. The van der Waals surface area contributed by atoms with Gasteiger partial charge in [0.25, 0.3) is 11.8 Å². The van der Waals surface area contributed by atoms with Crippen LogP contribution in [-0.4, -0.2) is 114 Å². The highest BCUT2D eigenvalue weighted by Gasteiger charge is 2.41. The number of carbonyl (C=O) groups is 5. The Balaban J connectivity index is 1.36. The number of aliphatic hydroxyl groups excluding tert-OH is 2. The van der Waals surface area contributed by atoms with Crippen LogP contribution in [0.15, 0.2) is 35.3 Å². The van der Waals surface area contributed by atoms with E-state index in [1.165, 1.54) is 30.1 Å². The average Bonchev–Trinajstić information content (AvgIpc) is 3.30. The third-order valence-electron chi connectivity index (χ3n) is 6.97. The molecular formula is C29H40N2O13. The van der Waals surface area contributed by atoms with E-state index in [1.54, 1.807) is 0 Å². The predicted octanol–water partition coefficient (Wildman–Crippen LogP) is 0.0541. The molecule has 244 valence electrons. The van der Waals surface area contributed by atoms with Gasteiger partial charge < -0.3 is 44.3 Å². The SMILES string of the molecule is CC(=O)OCC1=C(OCCOCCNC(=O)CCCCCN2C(=O)C=CC2=O)C=C(O[C@@H]2O[C@H](C(=O)O)C[C@H](O)[C@H]2O)CC1. The molecule has 0 saturated carbocycles. The number of esters is 1. The number of carboxylic acids is 1. The van der Waals surface area contributed by atoms with Crippen molar-refractivity contribution in [2.24, 2.45) is 0 Å². The zero-order valence-corrected chi connectivity index (χ0v) is 24.6. The van der Waals surface area contributed by atoms with Gasteiger partial charge >= 0.3 is 11.9 Å². The largest absolute Gasteiger partial charge is 0.491 e. The molecule has 15 nitrogen and oxygen atoms in total. The van der Waals surface area contributed by atoms with E-state index in [0.717, 1.165) is 0 Å². The first-order chi connectivity index (χ1) is 21.0. The van der Waals surface area contributed by atoms with Crippen molar-refractivity contribution >= 4 is 29.7 Å². The molecule has 4 N–H and O–H groups in total. The van der Waals surface area contributed by atoms with Gasteiger partial charge in [0.15, 0.2) is 6.10 Å². The molecule has 0 aromatic carbocycles. The van der Waals surface area contributed by atoms with E-state index in [4.69, 9.17) is 23.7 Å². The minimum atomic E-state index is -1.45. The molecule has 3 aliphatic rings. The highest BCUT2D eigenvalue weighted by molar-refractivity contribution is 6.12. The van der Waals surface area contributed by atoms with Gasteiger partial charge in [0.05, 0.1) is 19.3 Å². The first-order valence-corrected chi connectivity index (χ1v) is 14.5. The van der Waals surface area contributed by atoms with Crippen molar-refractivity contribution in [2.75, 3.05) is 39.5 Å². The van der Waals surface area contributed by atoms with E-state index >= 15 is 0 Å². The number of carbonyl (C=O) groups excluding carboxylic acids is 4. The molecule has 0 unspecified atom stereocenters. The number of amides is 3. The zero-order chi connectivity index (χ0) is 32.1. The monoisotopic (exact) mass is 624 g/mol. The van der Waals surface area contributed by atoms with Gasteiger partial charge in [0, 0.05) is 63.1 Å². The van der Waals surface area contributed by atoms with Crippen molar-refractivity contribution in [3.05, 3.63) is 35.3 Å². The van der Waals surface area contributed by atoms with Crippen molar-refractivity contribution in [3.8, 4) is 0 Å². The van der Waals surface area contributed by atoms with Crippen LogP contribution in [0, 0.1) is 0 Å². The van der Waals surface area contributed by atoms with Crippen LogP contribution >= 0.6 is 0 Å². The molecule has 0 spiro atoms. The molecule has 3 rings (SSSR count). The molecule has 3 amide bonds. The lowest BCUT2D eigenvalue weighted by molar-refractivity contribution is -0.255. The molecule has 0 radical (unpaired) electrons. The number of hydrogen-bond donors (Lipinski definition) is 4. The molecule has 1 aliphatic carbocycles. The summed E-state index contributed by atoms with van der Waals surface area (Å²) < 4.78 is 27.5. The molecule has 1 saturated heterocycles. The van der Waals surface area contributed by atoms with Gasteiger partial charge in [-0.3, -0.25) is 24.1 Å². The van der Waals surface area contributed by atoms with Gasteiger partial charge in [-0.1, -0.05) is 6.42 Å². The lowest BCUT2D eigenvalue weighted by Crippen LogP contribution is -2.51. The predicted molar refractivity (Wildman–Crippen MR) is 149 cm³/mol. The van der Waals surface area contributed by atoms with Crippen LogP contribution in [0.25, 0.3) is 0 Å². The number of nitrogens with one attached hydrogen (secondary N) is 1. The standard InChI is InChI=1S/C29H40N2O13/c1-18(32)42-17-19-6-7-20(43-29-27(37)21(33)16-23(44-29)28(38)39)15-22(19)41-14-13-40-12-10-30-24(34)5-3-2-4-11-31-25(35)8-9-26(31)36/h8-9,15,21,23,27,29,33,37H,2-7,10-14,16-17H2,1H3,(H,30,34)(H,38,39)/t21-,23-,27+,29+/m0/s1. The fourth-order valence-electron chi connectivity index (χ4n) is 4.58. The summed E-state index contributed by atoms with van der Waals surface area (Å²) in [6.07, 6.45) is 1.23. The first kappa shape index (κ1) is 34.7. The summed E-state index contributed by atoms with van der Waals surface area (Å²) in [5, 5.41) is 32.3. The van der Waals surface area contributed by atoms with E-state index < -0.39 is 36.5 Å². The topological polar surface area (TPSA) is 207 Å². The number of ether oxygens (including phenoxy) is 5. The van der Waals surface area contributed by atoms with E-state index in [0.29, 0.717) is 68.7 Å². The van der Waals surface area contributed by atoms with Gasteiger partial charge in [0.2, 0.25) is 12.2 Å². The van der Waals surface area contributed by atoms with Crippen LogP contribution in [0.5, 0.6) is 0 Å². The molecule has 0 bridgehead atoms.